The number of amides is 2. The van der Waals surface area contributed by atoms with Gasteiger partial charge in [0.1, 0.15) is 11.6 Å². The number of alkyl carbamates (subject to hydrolysis) is 1. The van der Waals surface area contributed by atoms with E-state index in [4.69, 9.17) is 17.0 Å². The number of hydrogen-bond acceptors (Lipinski definition) is 6. The summed E-state index contributed by atoms with van der Waals surface area (Å²) < 4.78 is 5.67. The van der Waals surface area contributed by atoms with Crippen LogP contribution < -0.4 is 10.6 Å². The van der Waals surface area contributed by atoms with Gasteiger partial charge in [-0.1, -0.05) is 41.7 Å². The molecule has 1 atom stereocenters. The van der Waals surface area contributed by atoms with Crippen LogP contribution in [0.3, 0.4) is 0 Å². The van der Waals surface area contributed by atoms with Gasteiger partial charge in [-0.2, -0.15) is 0 Å². The Bertz CT molecular complexity index is 765. The van der Waals surface area contributed by atoms with Crippen LogP contribution in [-0.4, -0.2) is 27.8 Å². The molecule has 128 valence electrons. The van der Waals surface area contributed by atoms with Gasteiger partial charge in [0.05, 0.1) is 0 Å². The zero-order chi connectivity index (χ0) is 17.7. The van der Waals surface area contributed by atoms with Crippen LogP contribution in [0.15, 0.2) is 30.3 Å². The smallest absolute Gasteiger partial charge is 0.408 e. The van der Waals surface area contributed by atoms with Crippen LogP contribution in [0.2, 0.25) is 0 Å². The summed E-state index contributed by atoms with van der Waals surface area (Å²) in [7, 11) is 0. The van der Waals surface area contributed by atoms with Crippen molar-refractivity contribution in [2.75, 3.05) is 5.32 Å². The predicted molar refractivity (Wildman–Crippen MR) is 94.5 cm³/mol. The van der Waals surface area contributed by atoms with Gasteiger partial charge in [0.2, 0.25) is 5.13 Å². The molecule has 0 spiro atoms. The molecular formula is C15H18N4O3S2. The Balaban J connectivity index is 2.18. The number of carbonyl (C=O) groups is 2. The summed E-state index contributed by atoms with van der Waals surface area (Å²) in [4.78, 5) is 24.6. The van der Waals surface area contributed by atoms with Gasteiger partial charge in [0.25, 0.3) is 5.91 Å². The van der Waals surface area contributed by atoms with E-state index >= 15 is 0 Å². The Morgan fingerprint density at radius 1 is 1.29 bits per heavy atom. The van der Waals surface area contributed by atoms with E-state index < -0.39 is 23.6 Å². The molecule has 2 rings (SSSR count). The minimum Gasteiger partial charge on any atom is -0.444 e. The quantitative estimate of drug-likeness (QED) is 0.721. The van der Waals surface area contributed by atoms with Gasteiger partial charge in [-0.3, -0.25) is 15.2 Å². The highest BCUT2D eigenvalue weighted by atomic mass is 32.1. The number of ether oxygens (including phenoxy) is 1. The maximum Gasteiger partial charge on any atom is 0.408 e. The summed E-state index contributed by atoms with van der Waals surface area (Å²) in [6, 6.07) is 7.96. The van der Waals surface area contributed by atoms with Crippen LogP contribution in [0.5, 0.6) is 0 Å². The lowest BCUT2D eigenvalue weighted by Crippen LogP contribution is -2.40. The predicted octanol–water partition coefficient (Wildman–Crippen LogP) is 3.41. The molecule has 0 saturated heterocycles. The van der Waals surface area contributed by atoms with E-state index in [9.17, 15) is 9.59 Å². The first-order valence-corrected chi connectivity index (χ1v) is 8.38. The molecule has 0 aliphatic carbocycles. The monoisotopic (exact) mass is 366 g/mol. The summed E-state index contributed by atoms with van der Waals surface area (Å²) in [5.74, 6) is -0.440. The molecule has 3 N–H and O–H groups in total. The fraction of sp³-hybridized carbons (Fsp3) is 0.333. The SMILES string of the molecule is CC(C)(C)OC(=O)NC(C(=O)Nc1n[nH]c(=S)s1)c1ccccc1. The highest BCUT2D eigenvalue weighted by Gasteiger charge is 2.26. The van der Waals surface area contributed by atoms with Gasteiger partial charge in [0, 0.05) is 0 Å². The molecule has 1 aromatic heterocycles. The summed E-state index contributed by atoms with van der Waals surface area (Å²) in [6.07, 6.45) is -0.679. The number of aromatic nitrogens is 2. The molecule has 0 fully saturated rings. The number of H-pyrrole nitrogens is 1. The van der Waals surface area contributed by atoms with Crippen molar-refractivity contribution < 1.29 is 14.3 Å². The number of aromatic amines is 1. The Hall–Kier alpha value is -2.26. The minimum absolute atomic E-state index is 0.330. The molecule has 7 nitrogen and oxygen atoms in total. The molecule has 1 heterocycles. The van der Waals surface area contributed by atoms with Gasteiger partial charge in [-0.25, -0.2) is 4.79 Å². The van der Waals surface area contributed by atoms with Crippen LogP contribution in [0.25, 0.3) is 0 Å². The number of nitrogens with one attached hydrogen (secondary N) is 3. The van der Waals surface area contributed by atoms with Crippen molar-refractivity contribution in [2.45, 2.75) is 32.4 Å². The highest BCUT2D eigenvalue weighted by Crippen LogP contribution is 2.18. The fourth-order valence-electron chi connectivity index (χ4n) is 1.83. The van der Waals surface area contributed by atoms with Gasteiger partial charge in [-0.05, 0) is 38.6 Å². The first-order valence-electron chi connectivity index (χ1n) is 7.15. The summed E-state index contributed by atoms with van der Waals surface area (Å²) in [5.41, 5.74) is -0.0384. The van der Waals surface area contributed by atoms with Gasteiger partial charge in [0.15, 0.2) is 3.95 Å². The van der Waals surface area contributed by atoms with E-state index in [1.54, 1.807) is 45.0 Å². The standard InChI is InChI=1S/C15H18N4O3S2/c1-15(2,3)22-13(21)16-10(9-7-5-4-6-8-9)11(20)17-12-18-19-14(23)24-12/h4-8,10H,1-3H3,(H,16,21)(H,19,23)(H,17,18,20). The van der Waals surface area contributed by atoms with Gasteiger partial charge >= 0.3 is 6.09 Å². The molecule has 1 unspecified atom stereocenters. The second-order valence-electron chi connectivity index (χ2n) is 5.90. The molecule has 2 amide bonds. The Morgan fingerprint density at radius 3 is 2.50 bits per heavy atom. The van der Waals surface area contributed by atoms with Crippen LogP contribution in [0, 0.1) is 3.95 Å². The Morgan fingerprint density at radius 2 is 1.96 bits per heavy atom. The lowest BCUT2D eigenvalue weighted by molar-refractivity contribution is -0.118. The number of hydrogen-bond donors (Lipinski definition) is 3. The first kappa shape index (κ1) is 18.1. The average molecular weight is 366 g/mol. The molecule has 0 saturated carbocycles. The van der Waals surface area contributed by atoms with Crippen molar-refractivity contribution in [1.29, 1.82) is 0 Å². The fourth-order valence-corrected chi connectivity index (χ4v) is 2.62. The Kier molecular flexibility index (Phi) is 5.68. The summed E-state index contributed by atoms with van der Waals surface area (Å²) in [6.45, 7) is 5.25. The number of carbonyl (C=O) groups excluding carboxylic acids is 2. The van der Waals surface area contributed by atoms with E-state index in [2.05, 4.69) is 20.8 Å². The van der Waals surface area contributed by atoms with Crippen LogP contribution in [0.4, 0.5) is 9.93 Å². The lowest BCUT2D eigenvalue weighted by Gasteiger charge is -2.23. The third-order valence-electron chi connectivity index (χ3n) is 2.72. The second kappa shape index (κ2) is 7.54. The maximum absolute atomic E-state index is 12.6. The lowest BCUT2D eigenvalue weighted by atomic mass is 10.1. The third kappa shape index (κ3) is 5.43. The molecule has 1 aromatic carbocycles. The van der Waals surface area contributed by atoms with Gasteiger partial charge < -0.3 is 10.1 Å². The van der Waals surface area contributed by atoms with Crippen molar-refractivity contribution in [2.24, 2.45) is 0 Å². The van der Waals surface area contributed by atoms with E-state index in [1.807, 2.05) is 6.07 Å². The summed E-state index contributed by atoms with van der Waals surface area (Å²) >= 11 is 6.06. The van der Waals surface area contributed by atoms with Crippen molar-refractivity contribution >= 4 is 40.7 Å². The number of benzene rings is 1. The maximum atomic E-state index is 12.6. The van der Waals surface area contributed by atoms with Crippen molar-refractivity contribution in [3.05, 3.63) is 39.8 Å². The zero-order valence-corrected chi connectivity index (χ0v) is 15.1. The van der Waals surface area contributed by atoms with E-state index in [-0.39, 0.29) is 0 Å². The largest absolute Gasteiger partial charge is 0.444 e. The molecule has 0 aliphatic heterocycles. The minimum atomic E-state index is -0.918. The molecule has 24 heavy (non-hydrogen) atoms. The van der Waals surface area contributed by atoms with E-state index in [0.29, 0.717) is 14.6 Å². The molecular weight excluding hydrogens is 348 g/mol. The average Bonchev–Trinajstić information content (AvgIpc) is 2.89. The third-order valence-corrected chi connectivity index (χ3v) is 3.73. The number of anilines is 1. The molecule has 9 heteroatoms. The first-order chi connectivity index (χ1) is 11.2. The van der Waals surface area contributed by atoms with Crippen LogP contribution in [-0.2, 0) is 9.53 Å². The zero-order valence-electron chi connectivity index (χ0n) is 13.5. The number of nitrogens with zero attached hydrogens (tertiary/aromatic N) is 1. The molecule has 0 bridgehead atoms. The molecule has 0 aliphatic rings. The van der Waals surface area contributed by atoms with Crippen molar-refractivity contribution in [3.63, 3.8) is 0 Å². The van der Waals surface area contributed by atoms with E-state index in [0.717, 1.165) is 11.3 Å². The van der Waals surface area contributed by atoms with E-state index in [1.165, 1.54) is 0 Å². The summed E-state index contributed by atoms with van der Waals surface area (Å²) in [5, 5.41) is 12.0. The van der Waals surface area contributed by atoms with Crippen LogP contribution in [0.1, 0.15) is 32.4 Å². The Labute approximate surface area is 148 Å². The second-order valence-corrected chi connectivity index (χ2v) is 7.56. The number of rotatable bonds is 4. The van der Waals surface area contributed by atoms with Crippen molar-refractivity contribution in [3.8, 4) is 0 Å². The van der Waals surface area contributed by atoms with Gasteiger partial charge in [-0.15, -0.1) is 5.10 Å². The molecule has 0 radical (unpaired) electrons. The highest BCUT2D eigenvalue weighted by molar-refractivity contribution is 7.73. The topological polar surface area (TPSA) is 96.1 Å². The van der Waals surface area contributed by atoms with Crippen LogP contribution >= 0.6 is 23.6 Å². The molecule has 2 aromatic rings. The van der Waals surface area contributed by atoms with Crippen molar-refractivity contribution in [1.82, 2.24) is 15.5 Å². The normalized spacial score (nSPS) is 12.3.